The van der Waals surface area contributed by atoms with E-state index in [2.05, 4.69) is 0 Å². The molecule has 0 saturated heterocycles. The van der Waals surface area contributed by atoms with Crippen LogP contribution in [0.1, 0.15) is 18.9 Å². The molecule has 0 aromatic heterocycles. The third-order valence-corrected chi connectivity index (χ3v) is 5.95. The third-order valence-electron chi connectivity index (χ3n) is 3.98. The fraction of sp³-hybridized carbons (Fsp3) is 0.263. The summed E-state index contributed by atoms with van der Waals surface area (Å²) in [5.41, 5.74) is -1.43. The molecule has 7 heteroatoms. The van der Waals surface area contributed by atoms with Gasteiger partial charge in [0.05, 0.1) is 23.3 Å². The monoisotopic (exact) mass is 391 g/mol. The highest BCUT2D eigenvalue weighted by molar-refractivity contribution is 7.91. The van der Waals surface area contributed by atoms with Gasteiger partial charge in [-0.25, -0.2) is 13.2 Å². The molecule has 0 fully saturated rings. The molecule has 2 rings (SSSR count). The van der Waals surface area contributed by atoms with Crippen molar-refractivity contribution in [3.8, 4) is 6.07 Å². The number of benzene rings is 2. The summed E-state index contributed by atoms with van der Waals surface area (Å²) in [4.78, 5) is 12.7. The van der Waals surface area contributed by atoms with Gasteiger partial charge in [-0.2, -0.15) is 5.26 Å². The average Bonchev–Trinajstić information content (AvgIpc) is 2.64. The predicted octanol–water partition coefficient (Wildman–Crippen LogP) is 3.53. The van der Waals surface area contributed by atoms with Gasteiger partial charge in [-0.1, -0.05) is 41.9 Å². The van der Waals surface area contributed by atoms with Crippen LogP contribution >= 0.6 is 11.6 Å². The first kappa shape index (κ1) is 20.0. The van der Waals surface area contributed by atoms with Gasteiger partial charge in [-0.05, 0) is 43.2 Å². The minimum atomic E-state index is -3.66. The molecule has 0 aliphatic rings. The van der Waals surface area contributed by atoms with Gasteiger partial charge in [-0.3, -0.25) is 0 Å². The molecule has 0 unspecified atom stereocenters. The molecule has 26 heavy (non-hydrogen) atoms. The molecule has 0 radical (unpaired) electrons. The Morgan fingerprint density at radius 1 is 1.19 bits per heavy atom. The topological polar surface area (TPSA) is 84.2 Å². The van der Waals surface area contributed by atoms with Gasteiger partial charge in [0.1, 0.15) is 0 Å². The summed E-state index contributed by atoms with van der Waals surface area (Å²) in [6.07, 6.45) is -0.236. The third kappa shape index (κ3) is 4.24. The second kappa shape index (κ2) is 8.35. The van der Waals surface area contributed by atoms with Crippen molar-refractivity contribution in [1.82, 2.24) is 0 Å². The second-order valence-corrected chi connectivity index (χ2v) is 8.18. The van der Waals surface area contributed by atoms with Crippen LogP contribution in [0.5, 0.6) is 0 Å². The van der Waals surface area contributed by atoms with Crippen LogP contribution in [-0.4, -0.2) is 26.7 Å². The largest absolute Gasteiger partial charge is 0.465 e. The number of halogens is 1. The molecule has 0 heterocycles. The van der Waals surface area contributed by atoms with E-state index in [1.807, 2.05) is 6.07 Å². The number of ether oxygens (including phenoxy) is 1. The van der Waals surface area contributed by atoms with Crippen molar-refractivity contribution in [2.75, 3.05) is 12.4 Å². The maximum atomic E-state index is 12.6. The number of sulfone groups is 1. The Morgan fingerprint density at radius 3 is 2.46 bits per heavy atom. The quantitative estimate of drug-likeness (QED) is 0.674. The molecule has 0 amide bonds. The molecule has 0 saturated carbocycles. The Hall–Kier alpha value is -2.36. The SMILES string of the molecule is CCOC(=O)[C@](C#N)(CCS(=O)(=O)c1ccccc1)c1cccc(Cl)c1. The molecular formula is C19H18ClNO4S. The second-order valence-electron chi connectivity index (χ2n) is 5.63. The number of hydrogen-bond acceptors (Lipinski definition) is 5. The molecule has 1 atom stereocenters. The van der Waals surface area contributed by atoms with Crippen molar-refractivity contribution < 1.29 is 17.9 Å². The summed E-state index contributed by atoms with van der Waals surface area (Å²) in [5, 5.41) is 10.1. The minimum absolute atomic E-state index is 0.0776. The number of nitriles is 1. The fourth-order valence-electron chi connectivity index (χ4n) is 2.57. The van der Waals surface area contributed by atoms with E-state index in [4.69, 9.17) is 16.3 Å². The minimum Gasteiger partial charge on any atom is -0.465 e. The average molecular weight is 392 g/mol. The number of rotatable bonds is 7. The molecule has 5 nitrogen and oxygen atoms in total. The van der Waals surface area contributed by atoms with Crippen LogP contribution < -0.4 is 0 Å². The summed E-state index contributed by atoms with van der Waals surface area (Å²) in [6, 6.07) is 16.1. The van der Waals surface area contributed by atoms with Crippen molar-refractivity contribution in [3.63, 3.8) is 0 Å². The molecule has 136 valence electrons. The zero-order valence-corrected chi connectivity index (χ0v) is 15.8. The van der Waals surface area contributed by atoms with Gasteiger partial charge in [0.2, 0.25) is 0 Å². The van der Waals surface area contributed by atoms with Crippen LogP contribution in [0.3, 0.4) is 0 Å². The zero-order valence-electron chi connectivity index (χ0n) is 14.2. The lowest BCUT2D eigenvalue weighted by Gasteiger charge is -2.25. The first-order valence-electron chi connectivity index (χ1n) is 7.98. The highest BCUT2D eigenvalue weighted by Crippen LogP contribution is 2.32. The van der Waals surface area contributed by atoms with E-state index in [1.165, 1.54) is 18.2 Å². The van der Waals surface area contributed by atoms with Gasteiger partial charge >= 0.3 is 5.97 Å². The molecular weight excluding hydrogens is 374 g/mol. The lowest BCUT2D eigenvalue weighted by Crippen LogP contribution is -2.38. The van der Waals surface area contributed by atoms with Crippen LogP contribution in [0.4, 0.5) is 0 Å². The number of esters is 1. The number of nitrogens with zero attached hydrogens (tertiary/aromatic N) is 1. The van der Waals surface area contributed by atoms with Crippen molar-refractivity contribution in [1.29, 1.82) is 5.26 Å². The van der Waals surface area contributed by atoms with Crippen molar-refractivity contribution in [2.45, 2.75) is 23.7 Å². The normalized spacial score (nSPS) is 13.4. The van der Waals surface area contributed by atoms with E-state index in [1.54, 1.807) is 43.3 Å². The van der Waals surface area contributed by atoms with Crippen LogP contribution in [0.25, 0.3) is 0 Å². The maximum absolute atomic E-state index is 12.6. The smallest absolute Gasteiger partial charge is 0.331 e. The van der Waals surface area contributed by atoms with Crippen LogP contribution in [-0.2, 0) is 24.8 Å². The van der Waals surface area contributed by atoms with Crippen molar-refractivity contribution in [3.05, 3.63) is 65.2 Å². The van der Waals surface area contributed by atoms with Gasteiger partial charge in [0, 0.05) is 5.02 Å². The van der Waals surface area contributed by atoms with Gasteiger partial charge < -0.3 is 4.74 Å². The Kier molecular flexibility index (Phi) is 6.41. The summed E-state index contributed by atoms with van der Waals surface area (Å²) < 4.78 is 30.2. The summed E-state index contributed by atoms with van der Waals surface area (Å²) in [7, 11) is -3.66. The lowest BCUT2D eigenvalue weighted by atomic mass is 9.79. The van der Waals surface area contributed by atoms with Crippen LogP contribution in [0.2, 0.25) is 5.02 Å². The van der Waals surface area contributed by atoms with Crippen LogP contribution in [0.15, 0.2) is 59.5 Å². The fourth-order valence-corrected chi connectivity index (χ4v) is 4.14. The van der Waals surface area contributed by atoms with Crippen molar-refractivity contribution in [2.24, 2.45) is 0 Å². The van der Waals surface area contributed by atoms with E-state index >= 15 is 0 Å². The molecule has 2 aromatic rings. The number of carbonyl (C=O) groups is 1. The van der Waals surface area contributed by atoms with Crippen molar-refractivity contribution >= 4 is 27.4 Å². The molecule has 0 aliphatic heterocycles. The first-order valence-corrected chi connectivity index (χ1v) is 10.0. The first-order chi connectivity index (χ1) is 12.4. The molecule has 0 bridgehead atoms. The maximum Gasteiger partial charge on any atom is 0.331 e. The Bertz CT molecular complexity index is 922. The molecule has 0 aliphatic carbocycles. The molecule has 0 N–H and O–H groups in total. The highest BCUT2D eigenvalue weighted by Gasteiger charge is 2.43. The van der Waals surface area contributed by atoms with Gasteiger partial charge in [-0.15, -0.1) is 0 Å². The Morgan fingerprint density at radius 2 is 1.88 bits per heavy atom. The van der Waals surface area contributed by atoms with E-state index in [-0.39, 0.29) is 23.7 Å². The van der Waals surface area contributed by atoms with E-state index in [0.29, 0.717) is 10.6 Å². The molecule has 2 aromatic carbocycles. The number of hydrogen-bond donors (Lipinski definition) is 0. The lowest BCUT2D eigenvalue weighted by molar-refractivity contribution is -0.147. The predicted molar refractivity (Wildman–Crippen MR) is 98.5 cm³/mol. The number of carbonyl (C=O) groups excluding carboxylic acids is 1. The highest BCUT2D eigenvalue weighted by atomic mass is 35.5. The molecule has 0 spiro atoms. The van der Waals surface area contributed by atoms with Crippen LogP contribution in [0, 0.1) is 11.3 Å². The summed E-state index contributed by atoms with van der Waals surface area (Å²) in [5.74, 6) is -1.16. The summed E-state index contributed by atoms with van der Waals surface area (Å²) >= 11 is 6.00. The van der Waals surface area contributed by atoms with E-state index in [0.717, 1.165) is 0 Å². The van der Waals surface area contributed by atoms with E-state index in [9.17, 15) is 18.5 Å². The Balaban J connectivity index is 2.42. The zero-order chi connectivity index (χ0) is 19.2. The van der Waals surface area contributed by atoms with Gasteiger partial charge in [0.25, 0.3) is 0 Å². The van der Waals surface area contributed by atoms with E-state index < -0.39 is 21.2 Å². The Labute approximate surface area is 158 Å². The standard InChI is InChI=1S/C19H18ClNO4S/c1-2-25-18(22)19(14-21,15-7-6-8-16(20)13-15)11-12-26(23,24)17-9-4-3-5-10-17/h3-10,13H,2,11-12H2,1H3/t19-/m0/s1. The summed E-state index contributed by atoms with van der Waals surface area (Å²) in [6.45, 7) is 1.70. The van der Waals surface area contributed by atoms with Gasteiger partial charge in [0.15, 0.2) is 15.3 Å².